The maximum absolute atomic E-state index is 12.1. The smallest absolute Gasteiger partial charge is 0.336 e. The molecule has 4 rings (SSSR count). The molecule has 1 aromatic heterocycles. The summed E-state index contributed by atoms with van der Waals surface area (Å²) in [6.45, 7) is 2.12. The molecule has 1 unspecified atom stereocenters. The van der Waals surface area contributed by atoms with Crippen LogP contribution in [-0.2, 0) is 16.1 Å². The van der Waals surface area contributed by atoms with Gasteiger partial charge in [-0.05, 0) is 47.5 Å². The van der Waals surface area contributed by atoms with Gasteiger partial charge in [0.05, 0.1) is 0 Å². The van der Waals surface area contributed by atoms with E-state index in [1.807, 2.05) is 60.7 Å². The first-order chi connectivity index (χ1) is 14.5. The standard InChI is InChI=1S/C24H22N2O4/c1-15(29-2)24(28)26-19-8-5-7-18(13-19)25-14-17-12-22(27)30-21-11-10-16-6-3-4-9-20(16)23(17)21/h3-13,15,25H,14H2,1-2H3,(H,26,28). The molecular formula is C24H22N2O4. The lowest BCUT2D eigenvalue weighted by molar-refractivity contribution is -0.124. The van der Waals surface area contributed by atoms with Crippen molar-refractivity contribution in [1.82, 2.24) is 0 Å². The fourth-order valence-corrected chi connectivity index (χ4v) is 3.41. The molecule has 0 aliphatic carbocycles. The number of methoxy groups -OCH3 is 1. The van der Waals surface area contributed by atoms with Crippen LogP contribution in [0.25, 0.3) is 21.7 Å². The number of fused-ring (bicyclic) bond motifs is 3. The van der Waals surface area contributed by atoms with Crippen LogP contribution in [0, 0.1) is 0 Å². The van der Waals surface area contributed by atoms with E-state index in [1.165, 1.54) is 13.2 Å². The molecule has 0 spiro atoms. The molecule has 0 fully saturated rings. The van der Waals surface area contributed by atoms with E-state index in [9.17, 15) is 9.59 Å². The number of nitrogens with one attached hydrogen (secondary N) is 2. The summed E-state index contributed by atoms with van der Waals surface area (Å²) >= 11 is 0. The van der Waals surface area contributed by atoms with Crippen LogP contribution in [0.1, 0.15) is 12.5 Å². The maximum atomic E-state index is 12.1. The average Bonchev–Trinajstić information content (AvgIpc) is 2.76. The van der Waals surface area contributed by atoms with Gasteiger partial charge >= 0.3 is 5.63 Å². The van der Waals surface area contributed by atoms with Crippen LogP contribution in [0.3, 0.4) is 0 Å². The van der Waals surface area contributed by atoms with Crippen LogP contribution in [-0.4, -0.2) is 19.1 Å². The molecule has 30 heavy (non-hydrogen) atoms. The zero-order valence-corrected chi connectivity index (χ0v) is 16.8. The Bertz CT molecular complexity index is 1280. The summed E-state index contributed by atoms with van der Waals surface area (Å²) < 4.78 is 10.5. The fraction of sp³-hybridized carbons (Fsp3) is 0.167. The van der Waals surface area contributed by atoms with Crippen molar-refractivity contribution in [2.75, 3.05) is 17.7 Å². The summed E-state index contributed by atoms with van der Waals surface area (Å²) in [6.07, 6.45) is -0.537. The number of hydrogen-bond acceptors (Lipinski definition) is 5. The highest BCUT2D eigenvalue weighted by Crippen LogP contribution is 2.28. The summed E-state index contributed by atoms with van der Waals surface area (Å²) in [7, 11) is 1.49. The molecule has 0 aliphatic heterocycles. The third kappa shape index (κ3) is 4.04. The predicted octanol–water partition coefficient (Wildman–Crippen LogP) is 4.53. The van der Waals surface area contributed by atoms with E-state index in [-0.39, 0.29) is 11.5 Å². The molecule has 0 bridgehead atoms. The van der Waals surface area contributed by atoms with Crippen molar-refractivity contribution in [3.05, 3.63) is 82.7 Å². The highest BCUT2D eigenvalue weighted by molar-refractivity contribution is 6.07. The van der Waals surface area contributed by atoms with Crippen LogP contribution in [0.4, 0.5) is 11.4 Å². The lowest BCUT2D eigenvalue weighted by Crippen LogP contribution is -2.26. The molecule has 1 atom stereocenters. The number of ether oxygens (including phenoxy) is 1. The molecule has 2 N–H and O–H groups in total. The van der Waals surface area contributed by atoms with Gasteiger partial charge in [-0.1, -0.05) is 36.4 Å². The predicted molar refractivity (Wildman–Crippen MR) is 119 cm³/mol. The molecular weight excluding hydrogens is 380 g/mol. The first kappa shape index (κ1) is 19.7. The first-order valence-electron chi connectivity index (χ1n) is 9.67. The summed E-state index contributed by atoms with van der Waals surface area (Å²) in [5.41, 5.74) is 2.51. The van der Waals surface area contributed by atoms with Crippen molar-refractivity contribution in [2.45, 2.75) is 19.6 Å². The average molecular weight is 402 g/mol. The van der Waals surface area contributed by atoms with Gasteiger partial charge < -0.3 is 19.8 Å². The Morgan fingerprint density at radius 2 is 1.83 bits per heavy atom. The zero-order valence-electron chi connectivity index (χ0n) is 16.8. The third-order valence-corrected chi connectivity index (χ3v) is 5.05. The molecule has 3 aromatic carbocycles. The molecule has 6 nitrogen and oxygen atoms in total. The van der Waals surface area contributed by atoms with E-state index in [4.69, 9.17) is 9.15 Å². The second-order valence-corrected chi connectivity index (χ2v) is 7.05. The number of rotatable bonds is 6. The molecule has 0 saturated heterocycles. The highest BCUT2D eigenvalue weighted by Gasteiger charge is 2.12. The minimum atomic E-state index is -0.537. The van der Waals surface area contributed by atoms with Gasteiger partial charge in [0.15, 0.2) is 0 Å². The number of carbonyl (C=O) groups excluding carboxylic acids is 1. The Kier molecular flexibility index (Phi) is 5.50. The van der Waals surface area contributed by atoms with Gasteiger partial charge in [-0.25, -0.2) is 4.79 Å². The Hall–Kier alpha value is -3.64. The second-order valence-electron chi connectivity index (χ2n) is 7.05. The quantitative estimate of drug-likeness (QED) is 0.366. The van der Waals surface area contributed by atoms with Crippen molar-refractivity contribution in [1.29, 1.82) is 0 Å². The van der Waals surface area contributed by atoms with Crippen LogP contribution < -0.4 is 16.3 Å². The van der Waals surface area contributed by atoms with Gasteiger partial charge in [0, 0.05) is 36.5 Å². The van der Waals surface area contributed by atoms with E-state index in [0.29, 0.717) is 17.8 Å². The molecule has 0 aliphatic rings. The van der Waals surface area contributed by atoms with Gasteiger partial charge in [0.1, 0.15) is 11.7 Å². The van der Waals surface area contributed by atoms with E-state index < -0.39 is 6.10 Å². The molecule has 6 heteroatoms. The Morgan fingerprint density at radius 1 is 1.03 bits per heavy atom. The molecule has 152 valence electrons. The lowest BCUT2D eigenvalue weighted by Gasteiger charge is -2.13. The van der Waals surface area contributed by atoms with Crippen LogP contribution >= 0.6 is 0 Å². The summed E-state index contributed by atoms with van der Waals surface area (Å²) in [5.74, 6) is -0.215. The summed E-state index contributed by atoms with van der Waals surface area (Å²) in [6, 6.07) is 20.7. The highest BCUT2D eigenvalue weighted by atomic mass is 16.5. The van der Waals surface area contributed by atoms with Crippen molar-refractivity contribution >= 4 is 39.0 Å². The topological polar surface area (TPSA) is 80.6 Å². The summed E-state index contributed by atoms with van der Waals surface area (Å²) in [4.78, 5) is 24.1. The van der Waals surface area contributed by atoms with Crippen molar-refractivity contribution < 1.29 is 13.9 Å². The fourth-order valence-electron chi connectivity index (χ4n) is 3.41. The maximum Gasteiger partial charge on any atom is 0.336 e. The van der Waals surface area contributed by atoms with Crippen LogP contribution in [0.5, 0.6) is 0 Å². The lowest BCUT2D eigenvalue weighted by atomic mass is 10.0. The minimum absolute atomic E-state index is 0.215. The summed E-state index contributed by atoms with van der Waals surface area (Å²) in [5, 5.41) is 9.19. The van der Waals surface area contributed by atoms with Crippen molar-refractivity contribution in [2.24, 2.45) is 0 Å². The van der Waals surface area contributed by atoms with E-state index in [0.717, 1.165) is 27.4 Å². The number of amides is 1. The van der Waals surface area contributed by atoms with Gasteiger partial charge in [-0.3, -0.25) is 4.79 Å². The van der Waals surface area contributed by atoms with Gasteiger partial charge in [0.25, 0.3) is 5.91 Å². The van der Waals surface area contributed by atoms with E-state index in [1.54, 1.807) is 6.92 Å². The Balaban J connectivity index is 1.63. The monoisotopic (exact) mass is 402 g/mol. The molecule has 0 saturated carbocycles. The Morgan fingerprint density at radius 3 is 2.67 bits per heavy atom. The zero-order chi connectivity index (χ0) is 21.1. The molecule has 4 aromatic rings. The largest absolute Gasteiger partial charge is 0.423 e. The SMILES string of the molecule is COC(C)C(=O)Nc1cccc(NCc2cc(=O)oc3ccc4ccccc4c23)c1. The number of carbonyl (C=O) groups is 1. The Labute approximate surface area is 173 Å². The first-order valence-corrected chi connectivity index (χ1v) is 9.67. The van der Waals surface area contributed by atoms with E-state index in [2.05, 4.69) is 10.6 Å². The number of benzene rings is 3. The number of anilines is 2. The third-order valence-electron chi connectivity index (χ3n) is 5.05. The molecule has 1 heterocycles. The van der Waals surface area contributed by atoms with Crippen LogP contribution in [0.2, 0.25) is 0 Å². The van der Waals surface area contributed by atoms with Crippen molar-refractivity contribution in [3.8, 4) is 0 Å². The van der Waals surface area contributed by atoms with Gasteiger partial charge in [-0.2, -0.15) is 0 Å². The van der Waals surface area contributed by atoms with Gasteiger partial charge in [0.2, 0.25) is 0 Å². The van der Waals surface area contributed by atoms with Crippen LogP contribution in [0.15, 0.2) is 75.9 Å². The van der Waals surface area contributed by atoms with E-state index >= 15 is 0 Å². The van der Waals surface area contributed by atoms with Gasteiger partial charge in [-0.15, -0.1) is 0 Å². The molecule has 0 radical (unpaired) electrons. The minimum Gasteiger partial charge on any atom is -0.423 e. The second kappa shape index (κ2) is 8.39. The number of hydrogen-bond donors (Lipinski definition) is 2. The normalized spacial score (nSPS) is 12.1. The molecule has 1 amide bonds. The van der Waals surface area contributed by atoms with Crippen molar-refractivity contribution in [3.63, 3.8) is 0 Å².